The van der Waals surface area contributed by atoms with Crippen LogP contribution in [-0.2, 0) is 4.79 Å². The van der Waals surface area contributed by atoms with Crippen molar-refractivity contribution in [1.82, 2.24) is 15.1 Å². The van der Waals surface area contributed by atoms with Crippen molar-refractivity contribution in [2.45, 2.75) is 44.7 Å². The van der Waals surface area contributed by atoms with Crippen LogP contribution in [0.5, 0.6) is 5.75 Å². The van der Waals surface area contributed by atoms with Gasteiger partial charge in [-0.1, -0.05) is 12.8 Å². The van der Waals surface area contributed by atoms with Gasteiger partial charge in [0.1, 0.15) is 5.75 Å². The molecule has 0 spiro atoms. The Kier molecular flexibility index (Phi) is 6.14. The number of nitrogens with zero attached hydrogens (tertiary/aromatic N) is 2. The molecule has 1 heterocycles. The molecule has 0 bridgehead atoms. The van der Waals surface area contributed by atoms with Crippen LogP contribution >= 0.6 is 0 Å². The molecule has 1 N–H and O–H groups in total. The van der Waals surface area contributed by atoms with E-state index < -0.39 is 0 Å². The molecule has 26 heavy (non-hydrogen) atoms. The van der Waals surface area contributed by atoms with Gasteiger partial charge in [-0.05, 0) is 44.0 Å². The zero-order valence-electron chi connectivity index (χ0n) is 15.7. The summed E-state index contributed by atoms with van der Waals surface area (Å²) in [6, 6.07) is 7.41. The summed E-state index contributed by atoms with van der Waals surface area (Å²) in [5.41, 5.74) is 0.672. The normalized spacial score (nSPS) is 20.0. The molecule has 3 rings (SSSR count). The minimum absolute atomic E-state index is 0.0374. The SMILES string of the molecule is COc1ccc(C(=O)N2CCN(C(C)C(=O)NC3CCCC3)CC2)cc1. The molecule has 2 aliphatic rings. The summed E-state index contributed by atoms with van der Waals surface area (Å²) in [6.07, 6.45) is 4.63. The van der Waals surface area contributed by atoms with Gasteiger partial charge in [0.15, 0.2) is 0 Å². The number of amides is 2. The summed E-state index contributed by atoms with van der Waals surface area (Å²) >= 11 is 0. The van der Waals surface area contributed by atoms with Crippen LogP contribution < -0.4 is 10.1 Å². The predicted octanol–water partition coefficient (Wildman–Crippen LogP) is 1.90. The second kappa shape index (κ2) is 8.54. The Morgan fingerprint density at radius 2 is 1.69 bits per heavy atom. The van der Waals surface area contributed by atoms with E-state index in [1.807, 2.05) is 11.8 Å². The second-order valence-corrected chi connectivity index (χ2v) is 7.22. The lowest BCUT2D eigenvalue weighted by molar-refractivity contribution is -0.127. The number of hydrogen-bond acceptors (Lipinski definition) is 4. The summed E-state index contributed by atoms with van der Waals surface area (Å²) in [5, 5.41) is 3.17. The van der Waals surface area contributed by atoms with Gasteiger partial charge < -0.3 is 15.0 Å². The highest BCUT2D eigenvalue weighted by molar-refractivity contribution is 5.94. The van der Waals surface area contributed by atoms with Crippen molar-refractivity contribution in [2.24, 2.45) is 0 Å². The number of nitrogens with one attached hydrogen (secondary N) is 1. The topological polar surface area (TPSA) is 61.9 Å². The monoisotopic (exact) mass is 359 g/mol. The fourth-order valence-electron chi connectivity index (χ4n) is 3.79. The predicted molar refractivity (Wildman–Crippen MR) is 100 cm³/mol. The molecule has 6 heteroatoms. The van der Waals surface area contributed by atoms with Crippen molar-refractivity contribution in [2.75, 3.05) is 33.3 Å². The molecule has 0 aromatic heterocycles. The lowest BCUT2D eigenvalue weighted by Gasteiger charge is -2.37. The molecular weight excluding hydrogens is 330 g/mol. The third-order valence-corrected chi connectivity index (χ3v) is 5.57. The molecule has 1 saturated heterocycles. The quantitative estimate of drug-likeness (QED) is 0.872. The molecule has 1 aliphatic carbocycles. The van der Waals surface area contributed by atoms with Crippen LogP contribution in [0.1, 0.15) is 43.0 Å². The van der Waals surface area contributed by atoms with Gasteiger partial charge in [-0.15, -0.1) is 0 Å². The summed E-state index contributed by atoms with van der Waals surface area (Å²) in [7, 11) is 1.61. The van der Waals surface area contributed by atoms with E-state index in [2.05, 4.69) is 10.2 Å². The average molecular weight is 359 g/mol. The number of hydrogen-bond donors (Lipinski definition) is 1. The minimum atomic E-state index is -0.145. The van der Waals surface area contributed by atoms with Crippen molar-refractivity contribution in [3.63, 3.8) is 0 Å². The van der Waals surface area contributed by atoms with Crippen LogP contribution in [0, 0.1) is 0 Å². The van der Waals surface area contributed by atoms with E-state index in [1.54, 1.807) is 31.4 Å². The van der Waals surface area contributed by atoms with E-state index in [4.69, 9.17) is 4.74 Å². The van der Waals surface area contributed by atoms with Gasteiger partial charge in [0.05, 0.1) is 13.2 Å². The maximum atomic E-state index is 12.6. The van der Waals surface area contributed by atoms with Crippen LogP contribution in [0.15, 0.2) is 24.3 Å². The molecule has 142 valence electrons. The zero-order chi connectivity index (χ0) is 18.5. The Morgan fingerprint density at radius 3 is 2.27 bits per heavy atom. The molecule has 0 radical (unpaired) electrons. The number of rotatable bonds is 5. The Hall–Kier alpha value is -2.08. The molecule has 1 aromatic rings. The van der Waals surface area contributed by atoms with Crippen LogP contribution in [-0.4, -0.2) is 67.0 Å². The molecule has 6 nitrogen and oxygen atoms in total. The van der Waals surface area contributed by atoms with Crippen molar-refractivity contribution in [3.8, 4) is 5.75 Å². The Labute approximate surface area is 155 Å². The van der Waals surface area contributed by atoms with Crippen molar-refractivity contribution >= 4 is 11.8 Å². The number of ether oxygens (including phenoxy) is 1. The first-order chi connectivity index (χ1) is 12.6. The molecule has 2 fully saturated rings. The van der Waals surface area contributed by atoms with Gasteiger partial charge >= 0.3 is 0 Å². The third-order valence-electron chi connectivity index (χ3n) is 5.57. The summed E-state index contributed by atoms with van der Waals surface area (Å²) in [6.45, 7) is 4.70. The molecule has 1 aromatic carbocycles. The first kappa shape index (κ1) is 18.7. The second-order valence-electron chi connectivity index (χ2n) is 7.22. The number of benzene rings is 1. The number of methoxy groups -OCH3 is 1. The van der Waals surface area contributed by atoms with Gasteiger partial charge in [0.2, 0.25) is 5.91 Å². The van der Waals surface area contributed by atoms with Crippen molar-refractivity contribution < 1.29 is 14.3 Å². The standard InChI is InChI=1S/C20H29N3O3/c1-15(19(24)21-17-5-3-4-6-17)22-11-13-23(14-12-22)20(25)16-7-9-18(26-2)10-8-16/h7-10,15,17H,3-6,11-14H2,1-2H3,(H,21,24). The van der Waals surface area contributed by atoms with E-state index in [9.17, 15) is 9.59 Å². The first-order valence-corrected chi connectivity index (χ1v) is 9.56. The molecular formula is C20H29N3O3. The molecule has 1 saturated carbocycles. The van der Waals surface area contributed by atoms with E-state index in [1.165, 1.54) is 12.8 Å². The molecule has 2 amide bonds. The van der Waals surface area contributed by atoms with Gasteiger partial charge in [0.25, 0.3) is 5.91 Å². The Balaban J connectivity index is 1.49. The lowest BCUT2D eigenvalue weighted by Crippen LogP contribution is -2.55. The van der Waals surface area contributed by atoms with Crippen molar-refractivity contribution in [1.29, 1.82) is 0 Å². The largest absolute Gasteiger partial charge is 0.497 e. The Morgan fingerprint density at radius 1 is 1.08 bits per heavy atom. The van der Waals surface area contributed by atoms with Crippen LogP contribution in [0.25, 0.3) is 0 Å². The van der Waals surface area contributed by atoms with Gasteiger partial charge in [-0.2, -0.15) is 0 Å². The van der Waals surface area contributed by atoms with Crippen LogP contribution in [0.2, 0.25) is 0 Å². The van der Waals surface area contributed by atoms with E-state index in [0.717, 1.165) is 31.7 Å². The van der Waals surface area contributed by atoms with Crippen molar-refractivity contribution in [3.05, 3.63) is 29.8 Å². The summed E-state index contributed by atoms with van der Waals surface area (Å²) < 4.78 is 5.14. The fourth-order valence-corrected chi connectivity index (χ4v) is 3.79. The Bertz CT molecular complexity index is 618. The summed E-state index contributed by atoms with van der Waals surface area (Å²) in [5.74, 6) is 0.899. The zero-order valence-corrected chi connectivity index (χ0v) is 15.7. The van der Waals surface area contributed by atoms with E-state index >= 15 is 0 Å². The van der Waals surface area contributed by atoms with Crippen LogP contribution in [0.4, 0.5) is 0 Å². The van der Waals surface area contributed by atoms with Gasteiger partial charge in [-0.3, -0.25) is 14.5 Å². The maximum Gasteiger partial charge on any atom is 0.253 e. The van der Waals surface area contributed by atoms with Crippen LogP contribution in [0.3, 0.4) is 0 Å². The first-order valence-electron chi connectivity index (χ1n) is 9.56. The lowest BCUT2D eigenvalue weighted by atomic mass is 10.1. The number of piperazine rings is 1. The minimum Gasteiger partial charge on any atom is -0.497 e. The number of carbonyl (C=O) groups excluding carboxylic acids is 2. The fraction of sp³-hybridized carbons (Fsp3) is 0.600. The maximum absolute atomic E-state index is 12.6. The molecule has 1 atom stereocenters. The van der Waals surface area contributed by atoms with E-state index in [0.29, 0.717) is 24.7 Å². The molecule has 1 unspecified atom stereocenters. The van der Waals surface area contributed by atoms with E-state index in [-0.39, 0.29) is 17.9 Å². The highest BCUT2D eigenvalue weighted by atomic mass is 16.5. The average Bonchev–Trinajstić information content (AvgIpc) is 3.20. The highest BCUT2D eigenvalue weighted by Crippen LogP contribution is 2.18. The summed E-state index contributed by atoms with van der Waals surface area (Å²) in [4.78, 5) is 29.1. The van der Waals surface area contributed by atoms with Gasteiger partial charge in [0, 0.05) is 37.8 Å². The third kappa shape index (κ3) is 4.36. The highest BCUT2D eigenvalue weighted by Gasteiger charge is 2.29. The molecule has 1 aliphatic heterocycles. The number of carbonyl (C=O) groups is 2. The van der Waals surface area contributed by atoms with Gasteiger partial charge in [-0.25, -0.2) is 0 Å². The smallest absolute Gasteiger partial charge is 0.253 e.